The molecule has 0 aromatic carbocycles. The van der Waals surface area contributed by atoms with Gasteiger partial charge in [0.05, 0.1) is 42.5 Å². The van der Waals surface area contributed by atoms with Crippen LogP contribution in [0.2, 0.25) is 0 Å². The minimum Gasteiger partial charge on any atom is -0.458 e. The van der Waals surface area contributed by atoms with Gasteiger partial charge >= 0.3 is 5.97 Å². The predicted octanol–water partition coefficient (Wildman–Crippen LogP) is 6.88. The van der Waals surface area contributed by atoms with E-state index in [9.17, 15) is 25.2 Å². The first-order valence-electron chi connectivity index (χ1n) is 21.4. The van der Waals surface area contributed by atoms with Crippen LogP contribution in [-0.2, 0) is 33.2 Å². The average Bonchev–Trinajstić information content (AvgIpc) is 3.71. The first kappa shape index (κ1) is 52.3. The number of nitrogens with zero attached hydrogens (tertiary/aromatic N) is 1. The summed E-state index contributed by atoms with van der Waals surface area (Å²) in [4.78, 5) is 17.7. The van der Waals surface area contributed by atoms with Crippen molar-refractivity contribution in [2.75, 3.05) is 21.3 Å². The van der Waals surface area contributed by atoms with Crippen molar-refractivity contribution in [3.8, 4) is 0 Å². The van der Waals surface area contributed by atoms with Crippen molar-refractivity contribution in [2.24, 2.45) is 17.8 Å². The zero-order valence-corrected chi connectivity index (χ0v) is 38.0. The molecule has 2 aliphatic heterocycles. The number of cyclic esters (lactones) is 1. The Morgan fingerprint density at radius 1 is 0.790 bits per heavy atom. The monoisotopic (exact) mass is 865 g/mol. The van der Waals surface area contributed by atoms with E-state index in [1.807, 2.05) is 76.3 Å². The second-order valence-electron chi connectivity index (χ2n) is 16.2. The molecule has 13 heteroatoms. The van der Waals surface area contributed by atoms with Crippen LogP contribution in [0.15, 0.2) is 113 Å². The van der Waals surface area contributed by atoms with Crippen LogP contribution >= 0.6 is 0 Å². The summed E-state index contributed by atoms with van der Waals surface area (Å²) in [6.07, 6.45) is 24.8. The number of oxazole rings is 1. The molecule has 0 aliphatic carbocycles. The van der Waals surface area contributed by atoms with Gasteiger partial charge in [-0.3, -0.25) is 0 Å². The van der Waals surface area contributed by atoms with Gasteiger partial charge in [-0.15, -0.1) is 0 Å². The third-order valence-corrected chi connectivity index (χ3v) is 11.1. The molecular formula is C49H71NO12. The highest BCUT2D eigenvalue weighted by molar-refractivity contribution is 5.82. The Morgan fingerprint density at radius 2 is 1.42 bits per heavy atom. The van der Waals surface area contributed by atoms with Gasteiger partial charge in [0.2, 0.25) is 0 Å². The first-order chi connectivity index (χ1) is 29.6. The van der Waals surface area contributed by atoms with E-state index in [0.717, 1.165) is 5.57 Å². The number of rotatable bonds is 9. The number of methoxy groups -OCH3 is 3. The third-order valence-electron chi connectivity index (χ3n) is 11.1. The van der Waals surface area contributed by atoms with Gasteiger partial charge in [0.1, 0.15) is 36.4 Å². The zero-order valence-electron chi connectivity index (χ0n) is 38.0. The number of aromatic nitrogens is 1. The molecule has 344 valence electrons. The molecule has 62 heavy (non-hydrogen) atoms. The number of esters is 1. The van der Waals surface area contributed by atoms with E-state index < -0.39 is 73.1 Å². The van der Waals surface area contributed by atoms with Crippen molar-refractivity contribution < 1.29 is 58.1 Å². The summed E-state index contributed by atoms with van der Waals surface area (Å²) in [5.74, 6) is -1.26. The fourth-order valence-electron chi connectivity index (χ4n) is 7.36. The molecule has 3 heterocycles. The Balaban J connectivity index is 1.96. The summed E-state index contributed by atoms with van der Waals surface area (Å²) in [6, 6.07) is 0. The zero-order chi connectivity index (χ0) is 45.8. The maximum atomic E-state index is 13.0. The molecule has 0 saturated carbocycles. The highest BCUT2D eigenvalue weighted by atomic mass is 16.7. The number of fused-ring (bicyclic) bond motifs is 2. The van der Waals surface area contributed by atoms with E-state index in [-0.39, 0.29) is 30.3 Å². The molecule has 4 N–H and O–H groups in total. The van der Waals surface area contributed by atoms with E-state index in [1.54, 1.807) is 76.7 Å². The van der Waals surface area contributed by atoms with Crippen LogP contribution in [0.4, 0.5) is 0 Å². The summed E-state index contributed by atoms with van der Waals surface area (Å²) < 4.78 is 41.4. The van der Waals surface area contributed by atoms with Crippen molar-refractivity contribution in [3.05, 3.63) is 121 Å². The molecule has 0 spiro atoms. The fourth-order valence-corrected chi connectivity index (χ4v) is 7.36. The number of carbonyl (C=O) groups is 1. The molecule has 15 atom stereocenters. The van der Waals surface area contributed by atoms with Crippen LogP contribution in [0.5, 0.6) is 0 Å². The number of aliphatic hydroxyl groups excluding tert-OH is 4. The lowest BCUT2D eigenvalue weighted by Crippen LogP contribution is -2.59. The van der Waals surface area contributed by atoms with Crippen LogP contribution in [-0.4, -0.2) is 120 Å². The molecule has 1 aromatic rings. The summed E-state index contributed by atoms with van der Waals surface area (Å²) in [5, 5.41) is 42.3. The molecule has 1 aromatic heterocycles. The van der Waals surface area contributed by atoms with Crippen LogP contribution in [0, 0.1) is 17.8 Å². The highest BCUT2D eigenvalue weighted by Crippen LogP contribution is 2.30. The van der Waals surface area contributed by atoms with Gasteiger partial charge in [-0.25, -0.2) is 9.78 Å². The van der Waals surface area contributed by atoms with Gasteiger partial charge < -0.3 is 53.3 Å². The summed E-state index contributed by atoms with van der Waals surface area (Å²) in [7, 11) is 4.63. The molecule has 2 aliphatic rings. The SMILES string of the molecule is CO[C@H]1[C@H](O[C@H]2/C=C\C=C\c3coc(n3)[C@H](C)[C@H](OC)C[C@@H](O)/C=C/C=C/C=C\[C@H](C)[C@@H]([C@@H](C)[C@@H](O)C[C@@H](C)O)OC(=O)\C=C/C=C/C=C\C(C)=C\[C@H]2C)O[C@H](C)[C@@H](O)[C@@H]1OC. The molecule has 2 bridgehead atoms. The Morgan fingerprint density at radius 3 is 2.08 bits per heavy atom. The maximum Gasteiger partial charge on any atom is 0.331 e. The first-order valence-corrected chi connectivity index (χ1v) is 21.4. The third kappa shape index (κ3) is 16.9. The van der Waals surface area contributed by atoms with E-state index in [2.05, 4.69) is 11.1 Å². The Hall–Kier alpha value is -4.02. The van der Waals surface area contributed by atoms with Crippen LogP contribution in [0.25, 0.3) is 6.08 Å². The normalized spacial score (nSPS) is 37.7. The molecule has 13 nitrogen and oxygen atoms in total. The van der Waals surface area contributed by atoms with Crippen LogP contribution < -0.4 is 0 Å². The largest absolute Gasteiger partial charge is 0.458 e. The lowest BCUT2D eigenvalue weighted by atomic mass is 9.86. The molecule has 0 amide bonds. The van der Waals surface area contributed by atoms with Gasteiger partial charge in [-0.1, -0.05) is 124 Å². The number of allylic oxidation sites excluding steroid dienone is 12. The molecule has 1 fully saturated rings. The molecule has 0 radical (unpaired) electrons. The van der Waals surface area contributed by atoms with Gasteiger partial charge in [0.15, 0.2) is 12.2 Å². The van der Waals surface area contributed by atoms with Gasteiger partial charge in [0, 0.05) is 51.6 Å². The minimum absolute atomic E-state index is 0.141. The second kappa shape index (κ2) is 27.2. The molecule has 1 saturated heterocycles. The van der Waals surface area contributed by atoms with Gasteiger partial charge in [-0.2, -0.15) is 0 Å². The minimum atomic E-state index is -0.903. The fraction of sp³-hybridized carbons (Fsp3) is 0.551. The lowest BCUT2D eigenvalue weighted by molar-refractivity contribution is -0.310. The number of carbonyl (C=O) groups excluding carboxylic acids is 1. The van der Waals surface area contributed by atoms with E-state index in [4.69, 9.17) is 32.8 Å². The van der Waals surface area contributed by atoms with Crippen molar-refractivity contribution in [3.63, 3.8) is 0 Å². The Kier molecular flexibility index (Phi) is 23.0. The van der Waals surface area contributed by atoms with E-state index in [0.29, 0.717) is 18.0 Å². The van der Waals surface area contributed by atoms with Crippen LogP contribution in [0.1, 0.15) is 78.8 Å². The van der Waals surface area contributed by atoms with Crippen molar-refractivity contribution in [2.45, 2.75) is 135 Å². The topological polar surface area (TPSA) is 179 Å². The smallest absolute Gasteiger partial charge is 0.331 e. The second-order valence-corrected chi connectivity index (χ2v) is 16.2. The molecular weight excluding hydrogens is 795 g/mol. The lowest BCUT2D eigenvalue weighted by Gasteiger charge is -2.43. The Labute approximate surface area is 368 Å². The summed E-state index contributed by atoms with van der Waals surface area (Å²) >= 11 is 0. The molecule has 3 rings (SSSR count). The summed E-state index contributed by atoms with van der Waals surface area (Å²) in [6.45, 7) is 13.0. The maximum absolute atomic E-state index is 13.0. The quantitative estimate of drug-likeness (QED) is 0.189. The summed E-state index contributed by atoms with van der Waals surface area (Å²) in [5.41, 5.74) is 1.56. The number of hydrogen-bond donors (Lipinski definition) is 4. The van der Waals surface area contributed by atoms with Crippen molar-refractivity contribution in [1.82, 2.24) is 4.98 Å². The van der Waals surface area contributed by atoms with Gasteiger partial charge in [-0.05, 0) is 33.3 Å². The van der Waals surface area contributed by atoms with Crippen molar-refractivity contribution in [1.29, 1.82) is 0 Å². The van der Waals surface area contributed by atoms with Gasteiger partial charge in [0.25, 0.3) is 0 Å². The standard InChI is InChI=1S/C49H71NO12/c1-31-21-15-11-14-18-26-43(54)62-45(35(5)40(53)28-34(4)51)32(2)22-16-12-13-17-24-39(52)29-42(56-8)36(6)48-50-38(30-59-48)23-19-20-25-41(33(3)27-31)61-49-47(58-10)46(57-9)44(55)37(7)60-49/h11-27,30,32-37,39-42,44-47,49,51-53,55H,28-29H2,1-10H3/b13-12+,14-11+,21-15-,22-16-,23-19+,24-17+,25-20-,26-18-,31-27+/t32-,33+,34+,35-,36+,37+,39-,40-,41-,42+,44+,45-,46-,47+,49-/m0/s1. The predicted molar refractivity (Wildman–Crippen MR) is 240 cm³/mol. The average molecular weight is 866 g/mol. The van der Waals surface area contributed by atoms with E-state index in [1.165, 1.54) is 20.3 Å². The van der Waals surface area contributed by atoms with Crippen molar-refractivity contribution >= 4 is 12.0 Å². The van der Waals surface area contributed by atoms with Crippen LogP contribution in [0.3, 0.4) is 0 Å². The number of ether oxygens (including phenoxy) is 6. The number of hydrogen-bond acceptors (Lipinski definition) is 13. The number of aliphatic hydroxyl groups is 4. The van der Waals surface area contributed by atoms with E-state index >= 15 is 0 Å². The Bertz CT molecular complexity index is 1750. The molecule has 0 unspecified atom stereocenters. The highest BCUT2D eigenvalue weighted by Gasteiger charge is 2.46.